The van der Waals surface area contributed by atoms with E-state index in [1.54, 1.807) is 13.2 Å². The van der Waals surface area contributed by atoms with Gasteiger partial charge in [0.1, 0.15) is 5.75 Å². The van der Waals surface area contributed by atoms with E-state index in [-0.39, 0.29) is 6.54 Å². The van der Waals surface area contributed by atoms with E-state index >= 15 is 0 Å². The van der Waals surface area contributed by atoms with Gasteiger partial charge in [0, 0.05) is 13.1 Å². The zero-order chi connectivity index (χ0) is 16.7. The van der Waals surface area contributed by atoms with Crippen molar-refractivity contribution >= 4 is 5.91 Å². The zero-order valence-electron chi connectivity index (χ0n) is 13.2. The maximum absolute atomic E-state index is 11.3. The molecule has 0 heterocycles. The SMILES string of the molecule is COc1cccc(C(O)CN(CC(N)=O)Cc2ccccc2)c1. The number of nitrogens with zero attached hydrogens (tertiary/aromatic N) is 1. The molecule has 1 atom stereocenters. The van der Waals surface area contributed by atoms with E-state index in [1.165, 1.54) is 0 Å². The van der Waals surface area contributed by atoms with Gasteiger partial charge in [-0.2, -0.15) is 0 Å². The third-order valence-electron chi connectivity index (χ3n) is 3.54. The smallest absolute Gasteiger partial charge is 0.231 e. The number of amides is 1. The second-order valence-electron chi connectivity index (χ2n) is 5.41. The standard InChI is InChI=1S/C18H22N2O3/c1-23-16-9-5-8-15(10-16)17(21)12-20(13-18(19)22)11-14-6-3-2-4-7-14/h2-10,17,21H,11-13H2,1H3,(H2,19,22). The van der Waals surface area contributed by atoms with Crippen LogP contribution in [0.1, 0.15) is 17.2 Å². The van der Waals surface area contributed by atoms with Crippen LogP contribution in [-0.4, -0.2) is 36.1 Å². The van der Waals surface area contributed by atoms with Crippen molar-refractivity contribution in [2.45, 2.75) is 12.6 Å². The fraction of sp³-hybridized carbons (Fsp3) is 0.278. The Hall–Kier alpha value is -2.37. The molecule has 0 aliphatic rings. The van der Waals surface area contributed by atoms with Crippen LogP contribution in [0, 0.1) is 0 Å². The first-order valence-electron chi connectivity index (χ1n) is 7.45. The normalized spacial score (nSPS) is 12.1. The van der Waals surface area contributed by atoms with E-state index in [4.69, 9.17) is 10.5 Å². The number of ether oxygens (including phenoxy) is 1. The number of primary amides is 1. The first kappa shape index (κ1) is 17.0. The summed E-state index contributed by atoms with van der Waals surface area (Å²) in [5.74, 6) is 0.268. The Balaban J connectivity index is 2.08. The molecular formula is C18H22N2O3. The molecule has 0 spiro atoms. The van der Waals surface area contributed by atoms with Gasteiger partial charge in [-0.05, 0) is 23.3 Å². The monoisotopic (exact) mass is 314 g/mol. The molecule has 3 N–H and O–H groups in total. The van der Waals surface area contributed by atoms with Gasteiger partial charge in [-0.25, -0.2) is 0 Å². The van der Waals surface area contributed by atoms with E-state index in [2.05, 4.69) is 0 Å². The topological polar surface area (TPSA) is 75.8 Å². The molecule has 0 saturated heterocycles. The molecule has 0 aliphatic heterocycles. The lowest BCUT2D eigenvalue weighted by molar-refractivity contribution is -0.119. The number of carbonyl (C=O) groups is 1. The molecule has 23 heavy (non-hydrogen) atoms. The molecule has 2 aromatic rings. The number of methoxy groups -OCH3 is 1. The highest BCUT2D eigenvalue weighted by atomic mass is 16.5. The lowest BCUT2D eigenvalue weighted by Crippen LogP contribution is -2.36. The van der Waals surface area contributed by atoms with Crippen molar-refractivity contribution in [1.82, 2.24) is 4.90 Å². The summed E-state index contributed by atoms with van der Waals surface area (Å²) in [5, 5.41) is 10.5. The summed E-state index contributed by atoms with van der Waals surface area (Å²) in [7, 11) is 1.58. The summed E-state index contributed by atoms with van der Waals surface area (Å²) in [6, 6.07) is 17.0. The summed E-state index contributed by atoms with van der Waals surface area (Å²) in [4.78, 5) is 13.1. The van der Waals surface area contributed by atoms with Crippen LogP contribution in [0.5, 0.6) is 5.75 Å². The minimum atomic E-state index is -0.729. The fourth-order valence-corrected chi connectivity index (χ4v) is 2.45. The highest BCUT2D eigenvalue weighted by molar-refractivity contribution is 5.75. The number of aliphatic hydroxyl groups excluding tert-OH is 1. The van der Waals surface area contributed by atoms with Crippen molar-refractivity contribution in [1.29, 1.82) is 0 Å². The molecule has 0 radical (unpaired) electrons. The summed E-state index contributed by atoms with van der Waals surface area (Å²) >= 11 is 0. The number of aliphatic hydroxyl groups is 1. The highest BCUT2D eigenvalue weighted by Gasteiger charge is 2.16. The van der Waals surface area contributed by atoms with Crippen molar-refractivity contribution in [2.24, 2.45) is 5.73 Å². The molecule has 1 unspecified atom stereocenters. The van der Waals surface area contributed by atoms with Gasteiger partial charge in [0.05, 0.1) is 19.8 Å². The Bertz CT molecular complexity index is 631. The van der Waals surface area contributed by atoms with Crippen LogP contribution < -0.4 is 10.5 Å². The molecule has 5 heteroatoms. The number of rotatable bonds is 8. The average molecular weight is 314 g/mol. The highest BCUT2D eigenvalue weighted by Crippen LogP contribution is 2.20. The predicted octanol–water partition coefficient (Wildman–Crippen LogP) is 1.72. The first-order chi connectivity index (χ1) is 11.1. The predicted molar refractivity (Wildman–Crippen MR) is 88.9 cm³/mol. The third-order valence-corrected chi connectivity index (χ3v) is 3.54. The van der Waals surface area contributed by atoms with E-state index in [0.717, 1.165) is 11.1 Å². The fourth-order valence-electron chi connectivity index (χ4n) is 2.45. The van der Waals surface area contributed by atoms with Crippen molar-refractivity contribution < 1.29 is 14.6 Å². The number of carbonyl (C=O) groups excluding carboxylic acids is 1. The molecule has 0 bridgehead atoms. The minimum absolute atomic E-state index is 0.0932. The largest absolute Gasteiger partial charge is 0.497 e. The van der Waals surface area contributed by atoms with Crippen molar-refractivity contribution in [3.63, 3.8) is 0 Å². The van der Waals surface area contributed by atoms with Gasteiger partial charge in [-0.15, -0.1) is 0 Å². The van der Waals surface area contributed by atoms with E-state index in [1.807, 2.05) is 53.4 Å². The maximum atomic E-state index is 11.3. The van der Waals surface area contributed by atoms with Gasteiger partial charge in [0.15, 0.2) is 0 Å². The number of hydrogen-bond acceptors (Lipinski definition) is 4. The number of nitrogens with two attached hydrogens (primary N) is 1. The van der Waals surface area contributed by atoms with Gasteiger partial charge in [0.25, 0.3) is 0 Å². The van der Waals surface area contributed by atoms with Crippen LogP contribution >= 0.6 is 0 Å². The molecule has 122 valence electrons. The quantitative estimate of drug-likeness (QED) is 0.778. The number of benzene rings is 2. The van der Waals surface area contributed by atoms with Gasteiger partial charge in [-0.1, -0.05) is 42.5 Å². The Morgan fingerprint density at radius 1 is 1.22 bits per heavy atom. The molecule has 0 fully saturated rings. The Morgan fingerprint density at radius 2 is 1.96 bits per heavy atom. The molecule has 5 nitrogen and oxygen atoms in total. The van der Waals surface area contributed by atoms with Crippen molar-refractivity contribution in [2.75, 3.05) is 20.2 Å². The first-order valence-corrected chi connectivity index (χ1v) is 7.45. The molecule has 0 saturated carbocycles. The molecule has 0 aromatic heterocycles. The molecular weight excluding hydrogens is 292 g/mol. The van der Waals surface area contributed by atoms with Crippen molar-refractivity contribution in [3.05, 3.63) is 65.7 Å². The minimum Gasteiger partial charge on any atom is -0.497 e. The van der Waals surface area contributed by atoms with Gasteiger partial charge < -0.3 is 15.6 Å². The summed E-state index contributed by atoms with van der Waals surface area (Å²) in [5.41, 5.74) is 7.13. The second kappa shape index (κ2) is 8.31. The van der Waals surface area contributed by atoms with Crippen LogP contribution in [0.25, 0.3) is 0 Å². The van der Waals surface area contributed by atoms with Crippen LogP contribution in [0.2, 0.25) is 0 Å². The van der Waals surface area contributed by atoms with Crippen LogP contribution in [0.15, 0.2) is 54.6 Å². The second-order valence-corrected chi connectivity index (χ2v) is 5.41. The van der Waals surface area contributed by atoms with E-state index in [9.17, 15) is 9.90 Å². The molecule has 0 aliphatic carbocycles. The van der Waals surface area contributed by atoms with Crippen LogP contribution in [0.3, 0.4) is 0 Å². The summed E-state index contributed by atoms with van der Waals surface area (Å²) in [6.07, 6.45) is -0.729. The lowest BCUT2D eigenvalue weighted by Gasteiger charge is -2.24. The Morgan fingerprint density at radius 3 is 2.61 bits per heavy atom. The van der Waals surface area contributed by atoms with Gasteiger partial charge in [0.2, 0.25) is 5.91 Å². The van der Waals surface area contributed by atoms with Crippen molar-refractivity contribution in [3.8, 4) is 5.75 Å². The van der Waals surface area contributed by atoms with Crippen LogP contribution in [0.4, 0.5) is 0 Å². The summed E-state index contributed by atoms with van der Waals surface area (Å²) < 4.78 is 5.17. The third kappa shape index (κ3) is 5.39. The zero-order valence-corrected chi connectivity index (χ0v) is 13.2. The number of hydrogen-bond donors (Lipinski definition) is 2. The Labute approximate surface area is 136 Å². The van der Waals surface area contributed by atoms with E-state index < -0.39 is 12.0 Å². The molecule has 2 rings (SSSR count). The average Bonchev–Trinajstić information content (AvgIpc) is 2.55. The van der Waals surface area contributed by atoms with E-state index in [0.29, 0.717) is 18.8 Å². The molecule has 1 amide bonds. The maximum Gasteiger partial charge on any atom is 0.231 e. The van der Waals surface area contributed by atoms with Crippen LogP contribution in [-0.2, 0) is 11.3 Å². The van der Waals surface area contributed by atoms with Gasteiger partial charge in [-0.3, -0.25) is 9.69 Å². The van der Waals surface area contributed by atoms with Gasteiger partial charge >= 0.3 is 0 Å². The lowest BCUT2D eigenvalue weighted by atomic mass is 10.1. The molecule has 2 aromatic carbocycles. The Kier molecular flexibility index (Phi) is 6.14. The summed E-state index contributed by atoms with van der Waals surface area (Å²) in [6.45, 7) is 0.950.